The second kappa shape index (κ2) is 14.9. The number of fused-ring (bicyclic) bond motifs is 5. The van der Waals surface area contributed by atoms with E-state index in [1.807, 2.05) is 4.90 Å². The van der Waals surface area contributed by atoms with E-state index in [1.165, 1.54) is 57.8 Å². The molecular weight excluding hydrogens is 548 g/mol. The van der Waals surface area contributed by atoms with Crippen molar-refractivity contribution in [3.8, 4) is 0 Å². The van der Waals surface area contributed by atoms with Crippen LogP contribution in [0.2, 0.25) is 0 Å². The number of carbonyl (C=O) groups is 2. The average molecular weight is 613 g/mol. The maximum atomic E-state index is 12.6. The van der Waals surface area contributed by atoms with E-state index in [9.17, 15) is 14.7 Å². The number of aliphatic hydroxyl groups excluding tert-OH is 1. The molecule has 0 aromatic carbocycles. The summed E-state index contributed by atoms with van der Waals surface area (Å²) in [5, 5.41) is 12.4. The van der Waals surface area contributed by atoms with Crippen LogP contribution in [0.15, 0.2) is 11.6 Å². The van der Waals surface area contributed by atoms with Gasteiger partial charge in [-0.15, -0.1) is 0 Å². The number of aliphatic hydroxyl groups is 1. The third kappa shape index (κ3) is 7.36. The summed E-state index contributed by atoms with van der Waals surface area (Å²) in [4.78, 5) is 26.9. The first kappa shape index (κ1) is 33.8. The molecule has 0 aromatic heterocycles. The van der Waals surface area contributed by atoms with Crippen molar-refractivity contribution in [2.75, 3.05) is 19.7 Å². The van der Waals surface area contributed by atoms with Crippen LogP contribution < -0.4 is 5.32 Å². The van der Waals surface area contributed by atoms with Crippen LogP contribution >= 0.6 is 0 Å². The van der Waals surface area contributed by atoms with Gasteiger partial charge in [0.15, 0.2) is 0 Å². The molecule has 6 heteroatoms. The van der Waals surface area contributed by atoms with E-state index in [0.717, 1.165) is 87.5 Å². The fourth-order valence-corrected chi connectivity index (χ4v) is 10.7. The van der Waals surface area contributed by atoms with E-state index < -0.39 is 0 Å². The van der Waals surface area contributed by atoms with Gasteiger partial charge in [-0.3, -0.25) is 4.79 Å². The topological polar surface area (TPSA) is 78.9 Å². The molecule has 0 spiro atoms. The van der Waals surface area contributed by atoms with E-state index in [2.05, 4.69) is 39.1 Å². The number of nitrogens with zero attached hydrogens (tertiary/aromatic N) is 1. The van der Waals surface area contributed by atoms with Crippen LogP contribution in [0.5, 0.6) is 0 Å². The van der Waals surface area contributed by atoms with Crippen molar-refractivity contribution < 1.29 is 19.4 Å². The predicted octanol–water partition coefficient (Wildman–Crippen LogP) is 8.42. The average Bonchev–Trinajstić information content (AvgIpc) is 3.61. The molecule has 0 bridgehead atoms. The summed E-state index contributed by atoms with van der Waals surface area (Å²) >= 11 is 0. The Morgan fingerprint density at radius 1 is 1.02 bits per heavy atom. The largest absolute Gasteiger partial charge is 0.446 e. The zero-order chi connectivity index (χ0) is 31.3. The molecule has 0 aromatic rings. The molecule has 5 rings (SSSR count). The Morgan fingerprint density at radius 3 is 2.66 bits per heavy atom. The monoisotopic (exact) mass is 612 g/mol. The van der Waals surface area contributed by atoms with Gasteiger partial charge in [-0.05, 0) is 117 Å². The minimum atomic E-state index is -0.286. The summed E-state index contributed by atoms with van der Waals surface area (Å²) in [5.41, 5.74) is 2.39. The standard InChI is InChI=1S/C38H64N2O4/c1-27(2)11-7-8-12-28-16-18-33-32-17-15-29-25-31(19-21-38(29,4)34(32)20-22-37(28,33)3)44-36(43)39-23-9-5-6-14-35(42)40-24-10-13-30(40)26-41/h15,27-28,30-34,41H,5-14,16-26H2,1-4H3,(H,39,43). The van der Waals surface area contributed by atoms with Gasteiger partial charge < -0.3 is 20.1 Å². The zero-order valence-corrected chi connectivity index (χ0v) is 28.6. The number of amides is 2. The quantitative estimate of drug-likeness (QED) is 0.162. The molecule has 4 fully saturated rings. The molecule has 2 amide bonds. The summed E-state index contributed by atoms with van der Waals surface area (Å²) in [7, 11) is 0. The third-order valence-corrected chi connectivity index (χ3v) is 13.4. The van der Waals surface area contributed by atoms with Gasteiger partial charge in [0, 0.05) is 25.9 Å². The first-order valence-electron chi connectivity index (χ1n) is 18.7. The predicted molar refractivity (Wildman–Crippen MR) is 177 cm³/mol. The number of likely N-dealkylation sites (tertiary alicyclic amines) is 1. The molecule has 5 aliphatic rings. The van der Waals surface area contributed by atoms with Gasteiger partial charge in [0.1, 0.15) is 6.10 Å². The number of hydrogen-bond donors (Lipinski definition) is 2. The molecule has 250 valence electrons. The van der Waals surface area contributed by atoms with Crippen molar-refractivity contribution in [2.24, 2.45) is 40.4 Å². The van der Waals surface area contributed by atoms with Gasteiger partial charge in [-0.2, -0.15) is 0 Å². The lowest BCUT2D eigenvalue weighted by Gasteiger charge is -2.58. The molecular formula is C38H64N2O4. The second-order valence-electron chi connectivity index (χ2n) is 16.3. The Labute approximate surface area is 268 Å². The van der Waals surface area contributed by atoms with Crippen LogP contribution in [0.25, 0.3) is 0 Å². The Bertz CT molecular complexity index is 1010. The zero-order valence-electron chi connectivity index (χ0n) is 28.6. The molecule has 4 aliphatic carbocycles. The van der Waals surface area contributed by atoms with Crippen LogP contribution in [0.4, 0.5) is 4.79 Å². The van der Waals surface area contributed by atoms with Gasteiger partial charge in [0.25, 0.3) is 0 Å². The lowest BCUT2D eigenvalue weighted by Crippen LogP contribution is -2.50. The molecule has 1 heterocycles. The van der Waals surface area contributed by atoms with E-state index in [4.69, 9.17) is 4.74 Å². The van der Waals surface area contributed by atoms with E-state index in [0.29, 0.717) is 18.4 Å². The maximum absolute atomic E-state index is 12.6. The SMILES string of the molecule is CC(C)CCCCC1CCC2C3CC=C4CC(OC(=O)NCCCCCC(=O)N5CCCC5CO)CCC4(C)C3CCC12C. The lowest BCUT2D eigenvalue weighted by atomic mass is 9.47. The third-order valence-electron chi connectivity index (χ3n) is 13.4. The highest BCUT2D eigenvalue weighted by molar-refractivity contribution is 5.76. The minimum Gasteiger partial charge on any atom is -0.446 e. The van der Waals surface area contributed by atoms with Crippen molar-refractivity contribution in [1.82, 2.24) is 10.2 Å². The highest BCUT2D eigenvalue weighted by Gasteiger charge is 2.58. The molecule has 1 aliphatic heterocycles. The number of ether oxygens (including phenoxy) is 1. The maximum Gasteiger partial charge on any atom is 0.407 e. The lowest BCUT2D eigenvalue weighted by molar-refractivity contribution is -0.132. The number of allylic oxidation sites excluding steroid dienone is 1. The molecule has 2 N–H and O–H groups in total. The van der Waals surface area contributed by atoms with Crippen LogP contribution in [0.1, 0.15) is 143 Å². The first-order valence-corrected chi connectivity index (χ1v) is 18.7. The van der Waals surface area contributed by atoms with Crippen molar-refractivity contribution >= 4 is 12.0 Å². The molecule has 8 atom stereocenters. The summed E-state index contributed by atoms with van der Waals surface area (Å²) in [6.45, 7) is 11.4. The summed E-state index contributed by atoms with van der Waals surface area (Å²) in [6, 6.07) is 0.00931. The normalized spacial score (nSPS) is 36.4. The first-order chi connectivity index (χ1) is 21.2. The minimum absolute atomic E-state index is 0.00931. The van der Waals surface area contributed by atoms with Crippen LogP contribution in [0.3, 0.4) is 0 Å². The highest BCUT2D eigenvalue weighted by Crippen LogP contribution is 2.66. The molecule has 6 nitrogen and oxygen atoms in total. The van der Waals surface area contributed by atoms with Gasteiger partial charge in [-0.25, -0.2) is 4.79 Å². The molecule has 8 unspecified atom stereocenters. The molecule has 1 saturated heterocycles. The van der Waals surface area contributed by atoms with Crippen LogP contribution in [0, 0.1) is 40.4 Å². The molecule has 44 heavy (non-hydrogen) atoms. The van der Waals surface area contributed by atoms with E-state index >= 15 is 0 Å². The summed E-state index contributed by atoms with van der Waals surface area (Å²) in [6.07, 6.45) is 22.9. The molecule has 0 radical (unpaired) electrons. The van der Waals surface area contributed by atoms with Crippen molar-refractivity contribution in [3.63, 3.8) is 0 Å². The number of hydrogen-bond acceptors (Lipinski definition) is 4. The number of carbonyl (C=O) groups excluding carboxylic acids is 2. The Kier molecular flexibility index (Phi) is 11.4. The Morgan fingerprint density at radius 2 is 1.86 bits per heavy atom. The number of unbranched alkanes of at least 4 members (excludes halogenated alkanes) is 3. The highest BCUT2D eigenvalue weighted by atomic mass is 16.6. The van der Waals surface area contributed by atoms with Crippen molar-refractivity contribution in [1.29, 1.82) is 0 Å². The van der Waals surface area contributed by atoms with Crippen LogP contribution in [-0.2, 0) is 9.53 Å². The molecule has 3 saturated carbocycles. The Balaban J connectivity index is 1.03. The van der Waals surface area contributed by atoms with Gasteiger partial charge >= 0.3 is 6.09 Å². The van der Waals surface area contributed by atoms with Crippen molar-refractivity contribution in [2.45, 2.75) is 155 Å². The van der Waals surface area contributed by atoms with Crippen molar-refractivity contribution in [3.05, 3.63) is 11.6 Å². The smallest absolute Gasteiger partial charge is 0.407 e. The van der Waals surface area contributed by atoms with Crippen LogP contribution in [-0.4, -0.2) is 53.8 Å². The van der Waals surface area contributed by atoms with Gasteiger partial charge in [0.2, 0.25) is 5.91 Å². The Hall–Kier alpha value is -1.56. The van der Waals surface area contributed by atoms with E-state index in [-0.39, 0.29) is 36.2 Å². The van der Waals surface area contributed by atoms with Gasteiger partial charge in [0.05, 0.1) is 12.6 Å². The number of nitrogens with one attached hydrogen (secondary N) is 1. The summed E-state index contributed by atoms with van der Waals surface area (Å²) in [5.74, 6) is 4.44. The number of alkyl carbamates (subject to hydrolysis) is 1. The fourth-order valence-electron chi connectivity index (χ4n) is 10.7. The fraction of sp³-hybridized carbons (Fsp3) is 0.895. The van der Waals surface area contributed by atoms with E-state index in [1.54, 1.807) is 5.57 Å². The number of rotatable bonds is 13. The second-order valence-corrected chi connectivity index (χ2v) is 16.3. The van der Waals surface area contributed by atoms with Gasteiger partial charge in [-0.1, -0.05) is 65.0 Å². The summed E-state index contributed by atoms with van der Waals surface area (Å²) < 4.78 is 5.94.